The maximum Gasteiger partial charge on any atom is 0.119 e. The van der Waals surface area contributed by atoms with E-state index in [1.165, 1.54) is 5.56 Å². The average Bonchev–Trinajstić information content (AvgIpc) is 2.73. The summed E-state index contributed by atoms with van der Waals surface area (Å²) in [4.78, 5) is 0. The maximum absolute atomic E-state index is 5.79. The van der Waals surface area contributed by atoms with Crippen molar-refractivity contribution in [2.24, 2.45) is 22.6 Å². The van der Waals surface area contributed by atoms with Crippen LogP contribution in [0, 0.1) is 16.7 Å². The summed E-state index contributed by atoms with van der Waals surface area (Å²) < 4.78 is 5.29. The van der Waals surface area contributed by atoms with Crippen molar-refractivity contribution in [2.75, 3.05) is 7.11 Å². The summed E-state index contributed by atoms with van der Waals surface area (Å²) in [6, 6.07) is 8.32. The number of methoxy groups -OCH3 is 1. The van der Waals surface area contributed by atoms with Gasteiger partial charge in [0.2, 0.25) is 0 Å². The first kappa shape index (κ1) is 13.4. The lowest BCUT2D eigenvalue weighted by molar-refractivity contribution is 0.401. The van der Waals surface area contributed by atoms with Gasteiger partial charge < -0.3 is 4.74 Å². The van der Waals surface area contributed by atoms with E-state index in [9.17, 15) is 0 Å². The van der Waals surface area contributed by atoms with Crippen molar-refractivity contribution in [3.63, 3.8) is 0 Å². The third kappa shape index (κ3) is 1.82. The molecule has 0 aromatic heterocycles. The Kier molecular flexibility index (Phi) is 3.16. The smallest absolute Gasteiger partial charge is 0.119 e. The number of rotatable bonds is 4. The predicted octanol–water partition coefficient (Wildman–Crippen LogP) is 2.88. The van der Waals surface area contributed by atoms with Crippen LogP contribution in [0.15, 0.2) is 24.3 Å². The topological polar surface area (TPSA) is 47.3 Å². The predicted molar refractivity (Wildman–Crippen MR) is 74.1 cm³/mol. The molecule has 0 spiro atoms. The summed E-state index contributed by atoms with van der Waals surface area (Å²) >= 11 is 0. The summed E-state index contributed by atoms with van der Waals surface area (Å²) in [5.74, 6) is 7.20. The lowest BCUT2D eigenvalue weighted by Gasteiger charge is -2.19. The van der Waals surface area contributed by atoms with E-state index in [1.54, 1.807) is 7.11 Å². The van der Waals surface area contributed by atoms with Gasteiger partial charge in [-0.3, -0.25) is 11.3 Å². The second-order valence-electron chi connectivity index (χ2n) is 6.34. The van der Waals surface area contributed by atoms with Gasteiger partial charge in [0.1, 0.15) is 5.75 Å². The van der Waals surface area contributed by atoms with Gasteiger partial charge in [-0.25, -0.2) is 0 Å². The van der Waals surface area contributed by atoms with Crippen LogP contribution in [0.5, 0.6) is 5.75 Å². The minimum atomic E-state index is 0.171. The molecule has 3 nitrogen and oxygen atoms in total. The van der Waals surface area contributed by atoms with E-state index >= 15 is 0 Å². The summed E-state index contributed by atoms with van der Waals surface area (Å²) in [5.41, 5.74) is 4.78. The van der Waals surface area contributed by atoms with E-state index in [4.69, 9.17) is 10.6 Å². The van der Waals surface area contributed by atoms with Crippen LogP contribution in [-0.4, -0.2) is 7.11 Å². The van der Waals surface area contributed by atoms with Crippen LogP contribution in [0.3, 0.4) is 0 Å². The Balaban J connectivity index is 2.30. The lowest BCUT2D eigenvalue weighted by Crippen LogP contribution is -2.31. The van der Waals surface area contributed by atoms with E-state index in [-0.39, 0.29) is 6.04 Å². The largest absolute Gasteiger partial charge is 0.497 e. The average molecular weight is 248 g/mol. The van der Waals surface area contributed by atoms with Crippen LogP contribution < -0.4 is 16.0 Å². The van der Waals surface area contributed by atoms with Gasteiger partial charge in [-0.15, -0.1) is 0 Å². The summed E-state index contributed by atoms with van der Waals surface area (Å²) in [6.07, 6.45) is 0. The molecule has 0 amide bonds. The van der Waals surface area contributed by atoms with Crippen molar-refractivity contribution in [1.29, 1.82) is 0 Å². The van der Waals surface area contributed by atoms with Gasteiger partial charge in [0.25, 0.3) is 0 Å². The van der Waals surface area contributed by atoms with Crippen molar-refractivity contribution < 1.29 is 4.74 Å². The molecule has 0 saturated heterocycles. The summed E-state index contributed by atoms with van der Waals surface area (Å²) in [5, 5.41) is 0. The Morgan fingerprint density at radius 2 is 1.83 bits per heavy atom. The van der Waals surface area contributed by atoms with Crippen molar-refractivity contribution in [3.05, 3.63) is 29.8 Å². The van der Waals surface area contributed by atoms with Crippen molar-refractivity contribution in [3.8, 4) is 5.75 Å². The Morgan fingerprint density at radius 3 is 2.28 bits per heavy atom. The number of hydrogen-bond donors (Lipinski definition) is 2. The van der Waals surface area contributed by atoms with Crippen LogP contribution in [0.25, 0.3) is 0 Å². The van der Waals surface area contributed by atoms with Crippen LogP contribution >= 0.6 is 0 Å². The standard InChI is InChI=1S/C15H24N2O/c1-14(2)13(15(14,3)4)12(17-16)10-7-6-8-11(9-10)18-5/h6-9,12-13,17H,16H2,1-5H3. The van der Waals surface area contributed by atoms with Crippen LogP contribution in [0.4, 0.5) is 0 Å². The molecule has 0 radical (unpaired) electrons. The summed E-state index contributed by atoms with van der Waals surface area (Å²) in [6.45, 7) is 9.23. The summed E-state index contributed by atoms with van der Waals surface area (Å²) in [7, 11) is 1.69. The zero-order valence-corrected chi connectivity index (χ0v) is 11.9. The van der Waals surface area contributed by atoms with Crippen molar-refractivity contribution in [1.82, 2.24) is 5.43 Å². The van der Waals surface area contributed by atoms with E-state index in [1.807, 2.05) is 12.1 Å². The second-order valence-corrected chi connectivity index (χ2v) is 6.34. The molecule has 100 valence electrons. The highest BCUT2D eigenvalue weighted by Crippen LogP contribution is 2.72. The molecular formula is C15H24N2O. The Labute approximate surface area is 110 Å². The highest BCUT2D eigenvalue weighted by Gasteiger charge is 2.67. The second kappa shape index (κ2) is 4.25. The molecule has 1 unspecified atom stereocenters. The highest BCUT2D eigenvalue weighted by atomic mass is 16.5. The first-order valence-corrected chi connectivity index (χ1v) is 6.46. The van der Waals surface area contributed by atoms with Crippen LogP contribution in [0.1, 0.15) is 39.3 Å². The van der Waals surface area contributed by atoms with E-state index in [2.05, 4.69) is 45.3 Å². The van der Waals surface area contributed by atoms with Crippen molar-refractivity contribution in [2.45, 2.75) is 33.7 Å². The molecule has 1 aromatic rings. The molecule has 3 heteroatoms. The fourth-order valence-corrected chi connectivity index (χ4v) is 3.30. The molecule has 1 saturated carbocycles. The van der Waals surface area contributed by atoms with Crippen LogP contribution in [0.2, 0.25) is 0 Å². The molecule has 2 rings (SSSR count). The minimum absolute atomic E-state index is 0.171. The molecular weight excluding hydrogens is 224 g/mol. The van der Waals surface area contributed by atoms with Gasteiger partial charge in [0, 0.05) is 6.04 Å². The number of nitrogens with two attached hydrogens (primary N) is 1. The number of hydrazine groups is 1. The van der Waals surface area contributed by atoms with Gasteiger partial charge in [0.15, 0.2) is 0 Å². The SMILES string of the molecule is COc1cccc(C(NN)C2C(C)(C)C2(C)C)c1. The number of hydrogen-bond acceptors (Lipinski definition) is 3. The normalized spacial score (nSPS) is 22.6. The fraction of sp³-hybridized carbons (Fsp3) is 0.600. The number of ether oxygens (including phenoxy) is 1. The molecule has 1 atom stereocenters. The lowest BCUT2D eigenvalue weighted by atomic mass is 9.97. The third-order valence-electron chi connectivity index (χ3n) is 5.10. The molecule has 3 N–H and O–H groups in total. The van der Waals surface area contributed by atoms with Crippen molar-refractivity contribution >= 4 is 0 Å². The van der Waals surface area contributed by atoms with Crippen LogP contribution in [-0.2, 0) is 0 Å². The molecule has 1 aliphatic carbocycles. The first-order valence-electron chi connectivity index (χ1n) is 6.46. The van der Waals surface area contributed by atoms with Gasteiger partial charge in [-0.05, 0) is 34.4 Å². The molecule has 1 aromatic carbocycles. The molecule has 0 heterocycles. The van der Waals surface area contributed by atoms with Gasteiger partial charge in [0.05, 0.1) is 7.11 Å². The van der Waals surface area contributed by atoms with Gasteiger partial charge >= 0.3 is 0 Å². The zero-order chi connectivity index (χ0) is 13.6. The number of benzene rings is 1. The fourth-order valence-electron chi connectivity index (χ4n) is 3.30. The Morgan fingerprint density at radius 1 is 1.22 bits per heavy atom. The molecule has 0 bridgehead atoms. The van der Waals surface area contributed by atoms with E-state index < -0.39 is 0 Å². The quantitative estimate of drug-likeness (QED) is 0.636. The van der Waals surface area contributed by atoms with Gasteiger partial charge in [-0.1, -0.05) is 39.8 Å². The van der Waals surface area contributed by atoms with E-state index in [0.29, 0.717) is 16.7 Å². The van der Waals surface area contributed by atoms with E-state index in [0.717, 1.165) is 5.75 Å². The zero-order valence-electron chi connectivity index (χ0n) is 11.9. The molecule has 1 aliphatic rings. The molecule has 18 heavy (non-hydrogen) atoms. The minimum Gasteiger partial charge on any atom is -0.497 e. The highest BCUT2D eigenvalue weighted by molar-refractivity contribution is 5.33. The van der Waals surface area contributed by atoms with Gasteiger partial charge in [-0.2, -0.15) is 0 Å². The Hall–Kier alpha value is -1.06. The Bertz CT molecular complexity index is 426. The molecule has 1 fully saturated rings. The molecule has 0 aliphatic heterocycles. The first-order chi connectivity index (χ1) is 8.36. The number of nitrogens with one attached hydrogen (secondary N) is 1. The third-order valence-corrected chi connectivity index (χ3v) is 5.10. The monoisotopic (exact) mass is 248 g/mol. The maximum atomic E-state index is 5.79.